The zero-order valence-corrected chi connectivity index (χ0v) is 12.7. The molecule has 0 saturated heterocycles. The van der Waals surface area contributed by atoms with Gasteiger partial charge in [0.2, 0.25) is 0 Å². The Labute approximate surface area is 131 Å². The first-order valence-corrected chi connectivity index (χ1v) is 7.72. The maximum absolute atomic E-state index is 4.42. The van der Waals surface area contributed by atoms with E-state index in [1.165, 1.54) is 0 Å². The van der Waals surface area contributed by atoms with Gasteiger partial charge in [0.15, 0.2) is 0 Å². The standard InChI is InChI=1S/C16H13N5S/c1-21-8-12(7-19-21)20-15-14-13(11-5-3-2-4-6-11)9-22-16(14)18-10-17-15/h2-10H,1H3,(H,17,18,20). The van der Waals surface area contributed by atoms with Gasteiger partial charge < -0.3 is 5.32 Å². The van der Waals surface area contributed by atoms with Crippen LogP contribution in [-0.2, 0) is 7.05 Å². The van der Waals surface area contributed by atoms with E-state index < -0.39 is 0 Å². The van der Waals surface area contributed by atoms with Crippen LogP contribution in [0.1, 0.15) is 0 Å². The summed E-state index contributed by atoms with van der Waals surface area (Å²) < 4.78 is 1.76. The summed E-state index contributed by atoms with van der Waals surface area (Å²) in [6.45, 7) is 0. The van der Waals surface area contributed by atoms with Gasteiger partial charge in [-0.25, -0.2) is 9.97 Å². The lowest BCUT2D eigenvalue weighted by atomic mass is 10.1. The predicted octanol–water partition coefficient (Wildman–Crippen LogP) is 3.84. The summed E-state index contributed by atoms with van der Waals surface area (Å²) in [6, 6.07) is 10.3. The SMILES string of the molecule is Cn1cc(Nc2ncnc3scc(-c4ccccc4)c23)cn1. The molecule has 0 fully saturated rings. The third-order valence-corrected chi connectivity index (χ3v) is 4.31. The van der Waals surface area contributed by atoms with E-state index in [2.05, 4.69) is 37.9 Å². The van der Waals surface area contributed by atoms with Gasteiger partial charge in [-0.15, -0.1) is 11.3 Å². The molecule has 108 valence electrons. The molecule has 3 heterocycles. The minimum absolute atomic E-state index is 0.804. The molecule has 0 aliphatic heterocycles. The quantitative estimate of drug-likeness (QED) is 0.625. The zero-order chi connectivity index (χ0) is 14.9. The highest BCUT2D eigenvalue weighted by Gasteiger charge is 2.13. The molecule has 0 aliphatic carbocycles. The van der Waals surface area contributed by atoms with Gasteiger partial charge >= 0.3 is 0 Å². The number of hydrogen-bond donors (Lipinski definition) is 1. The summed E-state index contributed by atoms with van der Waals surface area (Å²) in [6.07, 6.45) is 5.29. The van der Waals surface area contributed by atoms with Crippen molar-refractivity contribution < 1.29 is 0 Å². The largest absolute Gasteiger partial charge is 0.337 e. The summed E-state index contributed by atoms with van der Waals surface area (Å²) in [5.74, 6) is 0.804. The molecule has 0 bridgehead atoms. The number of thiophene rings is 1. The van der Waals surface area contributed by atoms with Gasteiger partial charge in [0.1, 0.15) is 17.0 Å². The summed E-state index contributed by atoms with van der Waals surface area (Å²) >= 11 is 1.63. The Balaban J connectivity index is 1.86. The Morgan fingerprint density at radius 1 is 1.14 bits per heavy atom. The molecule has 4 aromatic rings. The van der Waals surface area contributed by atoms with Gasteiger partial charge in [0, 0.05) is 24.2 Å². The molecule has 0 spiro atoms. The van der Waals surface area contributed by atoms with Crippen molar-refractivity contribution in [3.63, 3.8) is 0 Å². The minimum atomic E-state index is 0.804. The van der Waals surface area contributed by atoms with Crippen molar-refractivity contribution in [1.29, 1.82) is 0 Å². The Morgan fingerprint density at radius 3 is 2.77 bits per heavy atom. The van der Waals surface area contributed by atoms with Crippen LogP contribution < -0.4 is 5.32 Å². The molecule has 0 radical (unpaired) electrons. The van der Waals surface area contributed by atoms with Gasteiger partial charge in [0.25, 0.3) is 0 Å². The van der Waals surface area contributed by atoms with Crippen molar-refractivity contribution in [1.82, 2.24) is 19.7 Å². The van der Waals surface area contributed by atoms with Crippen molar-refractivity contribution in [2.24, 2.45) is 7.05 Å². The summed E-state index contributed by atoms with van der Waals surface area (Å²) in [5, 5.41) is 10.7. The van der Waals surface area contributed by atoms with Crippen molar-refractivity contribution in [2.45, 2.75) is 0 Å². The Hall–Kier alpha value is -2.73. The van der Waals surface area contributed by atoms with Crippen LogP contribution in [0.15, 0.2) is 54.4 Å². The first kappa shape index (κ1) is 13.0. The topological polar surface area (TPSA) is 55.6 Å². The first-order valence-electron chi connectivity index (χ1n) is 6.84. The number of hydrogen-bond acceptors (Lipinski definition) is 5. The van der Waals surface area contributed by atoms with Crippen LogP contribution in [0.5, 0.6) is 0 Å². The lowest BCUT2D eigenvalue weighted by molar-refractivity contribution is 0.768. The number of aromatic nitrogens is 4. The maximum atomic E-state index is 4.42. The van der Waals surface area contributed by atoms with E-state index in [1.54, 1.807) is 28.5 Å². The van der Waals surface area contributed by atoms with Crippen molar-refractivity contribution in [3.05, 3.63) is 54.4 Å². The lowest BCUT2D eigenvalue weighted by Crippen LogP contribution is -1.94. The number of rotatable bonds is 3. The Morgan fingerprint density at radius 2 is 2.00 bits per heavy atom. The number of anilines is 2. The highest BCUT2D eigenvalue weighted by molar-refractivity contribution is 7.17. The zero-order valence-electron chi connectivity index (χ0n) is 11.9. The molecule has 22 heavy (non-hydrogen) atoms. The van der Waals surface area contributed by atoms with Gasteiger partial charge in [-0.05, 0) is 5.56 Å². The fourth-order valence-electron chi connectivity index (χ4n) is 2.42. The van der Waals surface area contributed by atoms with Crippen LogP contribution >= 0.6 is 11.3 Å². The molecule has 0 amide bonds. The summed E-state index contributed by atoms with van der Waals surface area (Å²) in [4.78, 5) is 9.77. The second-order valence-corrected chi connectivity index (χ2v) is 5.80. The molecule has 0 atom stereocenters. The van der Waals surface area contributed by atoms with Crippen molar-refractivity contribution in [3.8, 4) is 11.1 Å². The molecule has 6 heteroatoms. The molecule has 0 saturated carbocycles. The van der Waals surface area contributed by atoms with E-state index in [-0.39, 0.29) is 0 Å². The van der Waals surface area contributed by atoms with E-state index in [0.717, 1.165) is 32.8 Å². The van der Waals surface area contributed by atoms with Crippen LogP contribution in [0.25, 0.3) is 21.3 Å². The monoisotopic (exact) mass is 307 g/mol. The van der Waals surface area contributed by atoms with Crippen molar-refractivity contribution >= 4 is 33.1 Å². The molecule has 1 N–H and O–H groups in total. The third-order valence-electron chi connectivity index (χ3n) is 3.42. The highest BCUT2D eigenvalue weighted by atomic mass is 32.1. The molecule has 5 nitrogen and oxygen atoms in total. The average Bonchev–Trinajstić information content (AvgIpc) is 3.15. The normalized spacial score (nSPS) is 11.0. The van der Waals surface area contributed by atoms with E-state index in [1.807, 2.05) is 31.4 Å². The molecule has 0 aliphatic rings. The number of aryl methyl sites for hydroxylation is 1. The second kappa shape index (κ2) is 5.23. The van der Waals surface area contributed by atoms with Gasteiger partial charge in [-0.3, -0.25) is 4.68 Å². The Bertz CT molecular complexity index is 926. The summed E-state index contributed by atoms with van der Waals surface area (Å²) in [5.41, 5.74) is 3.22. The van der Waals surface area contributed by atoms with E-state index in [4.69, 9.17) is 0 Å². The van der Waals surface area contributed by atoms with E-state index >= 15 is 0 Å². The molecule has 4 rings (SSSR count). The van der Waals surface area contributed by atoms with Crippen LogP contribution in [0, 0.1) is 0 Å². The second-order valence-electron chi connectivity index (χ2n) is 4.95. The van der Waals surface area contributed by atoms with E-state index in [0.29, 0.717) is 0 Å². The van der Waals surface area contributed by atoms with Gasteiger partial charge in [-0.1, -0.05) is 30.3 Å². The average molecular weight is 307 g/mol. The number of nitrogens with one attached hydrogen (secondary N) is 1. The highest BCUT2D eigenvalue weighted by Crippen LogP contribution is 2.37. The van der Waals surface area contributed by atoms with Crippen LogP contribution in [0.3, 0.4) is 0 Å². The fourth-order valence-corrected chi connectivity index (χ4v) is 3.34. The first-order chi connectivity index (χ1) is 10.8. The van der Waals surface area contributed by atoms with Crippen molar-refractivity contribution in [2.75, 3.05) is 5.32 Å². The van der Waals surface area contributed by atoms with Crippen LogP contribution in [0.4, 0.5) is 11.5 Å². The lowest BCUT2D eigenvalue weighted by Gasteiger charge is -2.06. The predicted molar refractivity (Wildman–Crippen MR) is 89.3 cm³/mol. The van der Waals surface area contributed by atoms with E-state index in [9.17, 15) is 0 Å². The molecular formula is C16H13N5S. The number of nitrogens with zero attached hydrogens (tertiary/aromatic N) is 4. The fraction of sp³-hybridized carbons (Fsp3) is 0.0625. The molecule has 1 aromatic carbocycles. The van der Waals surface area contributed by atoms with Crippen LogP contribution in [0.2, 0.25) is 0 Å². The van der Waals surface area contributed by atoms with Gasteiger partial charge in [0.05, 0.1) is 17.3 Å². The minimum Gasteiger partial charge on any atom is -0.337 e. The summed E-state index contributed by atoms with van der Waals surface area (Å²) in [7, 11) is 1.89. The number of benzene rings is 1. The maximum Gasteiger partial charge on any atom is 0.143 e. The Kier molecular flexibility index (Phi) is 3.08. The third kappa shape index (κ3) is 2.23. The van der Waals surface area contributed by atoms with Gasteiger partial charge in [-0.2, -0.15) is 5.10 Å². The smallest absolute Gasteiger partial charge is 0.143 e. The van der Waals surface area contributed by atoms with Crippen LogP contribution in [-0.4, -0.2) is 19.7 Å². The molecule has 0 unspecified atom stereocenters. The number of fused-ring (bicyclic) bond motifs is 1. The molecular weight excluding hydrogens is 294 g/mol. The molecule has 3 aromatic heterocycles.